The van der Waals surface area contributed by atoms with E-state index in [0.29, 0.717) is 11.9 Å². The molecule has 2 fully saturated rings. The van der Waals surface area contributed by atoms with E-state index in [9.17, 15) is 4.79 Å². The van der Waals surface area contributed by atoms with Gasteiger partial charge in [-0.05, 0) is 31.6 Å². The number of unbranched alkanes of at least 4 members (excludes halogenated alkanes) is 1. The Morgan fingerprint density at radius 3 is 2.54 bits per heavy atom. The van der Waals surface area contributed by atoms with Gasteiger partial charge in [0.25, 0.3) is 0 Å². The summed E-state index contributed by atoms with van der Waals surface area (Å²) in [6.45, 7) is 7.22. The Bertz CT molecular complexity index is 436. The molecular weight excluding hydrogens is 439 g/mol. The third-order valence-corrected chi connectivity index (χ3v) is 5.52. The molecule has 0 aromatic rings. The number of halogens is 1. The molecule has 1 amide bonds. The molecule has 6 heteroatoms. The van der Waals surface area contributed by atoms with Gasteiger partial charge in [0.05, 0.1) is 0 Å². The van der Waals surface area contributed by atoms with Crippen LogP contribution in [0.2, 0.25) is 0 Å². The molecule has 1 saturated heterocycles. The van der Waals surface area contributed by atoms with E-state index in [1.165, 1.54) is 38.5 Å². The zero-order valence-electron chi connectivity index (χ0n) is 16.9. The van der Waals surface area contributed by atoms with Crippen molar-refractivity contribution in [2.24, 2.45) is 16.8 Å². The van der Waals surface area contributed by atoms with Crippen molar-refractivity contribution in [3.05, 3.63) is 0 Å². The molecule has 1 heterocycles. The standard InChI is InChI=1S/C20H38N4O.HI/c1-16(2)9-7-8-13-22-20(21-3)23-18-12-14-24(15-18)19(25)17-10-5-4-6-11-17;/h16-18H,4-15H2,1-3H3,(H2,21,22,23);1H. The van der Waals surface area contributed by atoms with Gasteiger partial charge >= 0.3 is 0 Å². The van der Waals surface area contributed by atoms with Crippen molar-refractivity contribution in [3.8, 4) is 0 Å². The summed E-state index contributed by atoms with van der Waals surface area (Å²) in [7, 11) is 1.82. The van der Waals surface area contributed by atoms with E-state index in [2.05, 4.69) is 34.4 Å². The lowest BCUT2D eigenvalue weighted by molar-refractivity contribution is -0.135. The number of aliphatic imine (C=N–C) groups is 1. The molecule has 0 bridgehead atoms. The van der Waals surface area contributed by atoms with Gasteiger partial charge in [0, 0.05) is 38.6 Å². The van der Waals surface area contributed by atoms with E-state index < -0.39 is 0 Å². The number of hydrogen-bond acceptors (Lipinski definition) is 2. The first-order chi connectivity index (χ1) is 12.1. The zero-order valence-corrected chi connectivity index (χ0v) is 19.3. The second kappa shape index (κ2) is 12.8. The van der Waals surface area contributed by atoms with Gasteiger partial charge in [-0.1, -0.05) is 46.0 Å². The summed E-state index contributed by atoms with van der Waals surface area (Å²) in [5.41, 5.74) is 0. The maximum atomic E-state index is 12.7. The smallest absolute Gasteiger partial charge is 0.225 e. The largest absolute Gasteiger partial charge is 0.356 e. The van der Waals surface area contributed by atoms with E-state index in [0.717, 1.165) is 50.8 Å². The van der Waals surface area contributed by atoms with Crippen molar-refractivity contribution >= 4 is 35.8 Å². The number of carbonyl (C=O) groups is 1. The maximum Gasteiger partial charge on any atom is 0.225 e. The van der Waals surface area contributed by atoms with Crippen LogP contribution in [0.1, 0.15) is 71.6 Å². The lowest BCUT2D eigenvalue weighted by atomic mass is 9.88. The number of nitrogens with one attached hydrogen (secondary N) is 2. The highest BCUT2D eigenvalue weighted by Gasteiger charge is 2.31. The fourth-order valence-electron chi connectivity index (χ4n) is 3.96. The summed E-state index contributed by atoms with van der Waals surface area (Å²) in [6, 6.07) is 0.328. The molecule has 1 aliphatic heterocycles. The van der Waals surface area contributed by atoms with Crippen molar-refractivity contribution in [2.45, 2.75) is 77.7 Å². The van der Waals surface area contributed by atoms with Gasteiger partial charge in [-0.3, -0.25) is 9.79 Å². The molecule has 2 aliphatic rings. The van der Waals surface area contributed by atoms with Gasteiger partial charge in [0.2, 0.25) is 5.91 Å². The van der Waals surface area contributed by atoms with Crippen LogP contribution in [0, 0.1) is 11.8 Å². The topological polar surface area (TPSA) is 56.7 Å². The van der Waals surface area contributed by atoms with Crippen molar-refractivity contribution in [1.29, 1.82) is 0 Å². The minimum atomic E-state index is 0. The summed E-state index contributed by atoms with van der Waals surface area (Å²) < 4.78 is 0. The molecule has 26 heavy (non-hydrogen) atoms. The van der Waals surface area contributed by atoms with Crippen LogP contribution in [0.4, 0.5) is 0 Å². The third kappa shape index (κ3) is 8.01. The third-order valence-electron chi connectivity index (χ3n) is 5.52. The molecule has 1 atom stereocenters. The highest BCUT2D eigenvalue weighted by Crippen LogP contribution is 2.26. The normalized spacial score (nSPS) is 21.6. The second-order valence-electron chi connectivity index (χ2n) is 8.14. The Morgan fingerprint density at radius 1 is 1.15 bits per heavy atom. The average Bonchev–Trinajstić information content (AvgIpc) is 3.08. The number of hydrogen-bond donors (Lipinski definition) is 2. The second-order valence-corrected chi connectivity index (χ2v) is 8.14. The summed E-state index contributed by atoms with van der Waals surface area (Å²) >= 11 is 0. The molecule has 1 saturated carbocycles. The van der Waals surface area contributed by atoms with Crippen molar-refractivity contribution in [2.75, 3.05) is 26.7 Å². The summed E-state index contributed by atoms with van der Waals surface area (Å²) in [4.78, 5) is 19.1. The molecule has 152 valence electrons. The Hall–Kier alpha value is -0.530. The van der Waals surface area contributed by atoms with E-state index in [1.54, 1.807) is 0 Å². The minimum absolute atomic E-state index is 0. The predicted octanol–water partition coefficient (Wildman–Crippen LogP) is 3.78. The number of amides is 1. The van der Waals surface area contributed by atoms with Crippen molar-refractivity contribution < 1.29 is 4.79 Å². The number of rotatable bonds is 7. The molecule has 2 N–H and O–H groups in total. The molecule has 0 aromatic heterocycles. The van der Waals surface area contributed by atoms with Gasteiger partial charge < -0.3 is 15.5 Å². The van der Waals surface area contributed by atoms with Gasteiger partial charge in [-0.25, -0.2) is 0 Å². The van der Waals surface area contributed by atoms with E-state index >= 15 is 0 Å². The first kappa shape index (κ1) is 23.5. The molecule has 5 nitrogen and oxygen atoms in total. The molecule has 0 aromatic carbocycles. The van der Waals surface area contributed by atoms with Gasteiger partial charge in [-0.15, -0.1) is 24.0 Å². The first-order valence-corrected chi connectivity index (χ1v) is 10.4. The van der Waals surface area contributed by atoms with E-state index in [-0.39, 0.29) is 29.9 Å². The van der Waals surface area contributed by atoms with Crippen molar-refractivity contribution in [3.63, 3.8) is 0 Å². The maximum absolute atomic E-state index is 12.7. The van der Waals surface area contributed by atoms with Crippen LogP contribution in [0.3, 0.4) is 0 Å². The summed E-state index contributed by atoms with van der Waals surface area (Å²) in [5.74, 6) is 2.33. The fraction of sp³-hybridized carbons (Fsp3) is 0.900. The Balaban J connectivity index is 0.00000338. The molecule has 2 rings (SSSR count). The quantitative estimate of drug-likeness (QED) is 0.254. The summed E-state index contributed by atoms with van der Waals surface area (Å²) in [6.07, 6.45) is 10.7. The minimum Gasteiger partial charge on any atom is -0.356 e. The monoisotopic (exact) mass is 478 g/mol. The van der Waals surface area contributed by atoms with Crippen LogP contribution < -0.4 is 10.6 Å². The average molecular weight is 478 g/mol. The fourth-order valence-corrected chi connectivity index (χ4v) is 3.96. The van der Waals surface area contributed by atoms with Crippen molar-refractivity contribution in [1.82, 2.24) is 15.5 Å². The van der Waals surface area contributed by atoms with Crippen LogP contribution >= 0.6 is 24.0 Å². The van der Waals surface area contributed by atoms with E-state index in [1.807, 2.05) is 7.05 Å². The Kier molecular flexibility index (Phi) is 11.6. The highest BCUT2D eigenvalue weighted by molar-refractivity contribution is 14.0. The number of carbonyl (C=O) groups excluding carboxylic acids is 1. The Labute approximate surface area is 177 Å². The van der Waals surface area contributed by atoms with Crippen LogP contribution in [0.25, 0.3) is 0 Å². The van der Waals surface area contributed by atoms with E-state index in [4.69, 9.17) is 0 Å². The number of likely N-dealkylation sites (tertiary alicyclic amines) is 1. The van der Waals surface area contributed by atoms with Gasteiger partial charge in [-0.2, -0.15) is 0 Å². The Morgan fingerprint density at radius 2 is 1.88 bits per heavy atom. The van der Waals surface area contributed by atoms with Crippen LogP contribution in [-0.2, 0) is 4.79 Å². The molecular formula is C20H39IN4O. The van der Waals surface area contributed by atoms with Crippen LogP contribution in [0.15, 0.2) is 4.99 Å². The summed E-state index contributed by atoms with van der Waals surface area (Å²) in [5, 5.41) is 6.91. The lowest BCUT2D eigenvalue weighted by Crippen LogP contribution is -2.45. The predicted molar refractivity (Wildman–Crippen MR) is 120 cm³/mol. The molecule has 1 unspecified atom stereocenters. The SMILES string of the molecule is CN=C(NCCCCC(C)C)NC1CCN(C(=O)C2CCCCC2)C1.I. The van der Waals surface area contributed by atoms with Gasteiger partial charge in [0.15, 0.2) is 5.96 Å². The molecule has 1 aliphatic carbocycles. The number of guanidine groups is 1. The highest BCUT2D eigenvalue weighted by atomic mass is 127. The number of nitrogens with zero attached hydrogens (tertiary/aromatic N) is 2. The molecule has 0 spiro atoms. The van der Waals surface area contributed by atoms with Crippen LogP contribution in [0.5, 0.6) is 0 Å². The van der Waals surface area contributed by atoms with Gasteiger partial charge in [0.1, 0.15) is 0 Å². The molecule has 0 radical (unpaired) electrons. The van der Waals surface area contributed by atoms with Crippen LogP contribution in [-0.4, -0.2) is 49.5 Å². The zero-order chi connectivity index (χ0) is 18.1. The first-order valence-electron chi connectivity index (χ1n) is 10.4. The lowest BCUT2D eigenvalue weighted by Gasteiger charge is -2.26.